The largest absolute Gasteiger partial charge is 0.435 e. The Bertz CT molecular complexity index is 1410. The van der Waals surface area contributed by atoms with Crippen molar-refractivity contribution in [3.05, 3.63) is 70.4 Å². The van der Waals surface area contributed by atoms with Crippen LogP contribution < -0.4 is 0 Å². The van der Waals surface area contributed by atoms with E-state index in [0.29, 0.717) is 5.56 Å². The van der Waals surface area contributed by atoms with E-state index in [0.717, 1.165) is 45.4 Å². The first kappa shape index (κ1) is 22.2. The molecule has 0 N–H and O–H groups in total. The van der Waals surface area contributed by atoms with E-state index in [1.54, 1.807) is 24.3 Å². The first-order valence-corrected chi connectivity index (χ1v) is 11.9. The molecule has 4 aromatic rings. The van der Waals surface area contributed by atoms with Gasteiger partial charge in [0.05, 0.1) is 22.1 Å². The summed E-state index contributed by atoms with van der Waals surface area (Å²) in [6.07, 6.45) is -3.87. The molecule has 0 aliphatic carbocycles. The molecule has 2 aromatic heterocycles. The van der Waals surface area contributed by atoms with Gasteiger partial charge in [0.15, 0.2) is 15.5 Å². The van der Waals surface area contributed by atoms with Crippen LogP contribution in [0.2, 0.25) is 0 Å². The lowest BCUT2D eigenvalue weighted by molar-refractivity contribution is -0.141. The predicted molar refractivity (Wildman–Crippen MR) is 113 cm³/mol. The van der Waals surface area contributed by atoms with E-state index >= 15 is 0 Å². The normalized spacial score (nSPS) is 12.3. The molecule has 0 amide bonds. The highest BCUT2D eigenvalue weighted by Crippen LogP contribution is 2.34. The van der Waals surface area contributed by atoms with Gasteiger partial charge in [-0.2, -0.15) is 18.3 Å². The van der Waals surface area contributed by atoms with Crippen LogP contribution in [0.4, 0.5) is 17.6 Å². The third kappa shape index (κ3) is 4.30. The smallest absolute Gasteiger partial charge is 0.242 e. The highest BCUT2D eigenvalue weighted by atomic mass is 32.2. The molecule has 166 valence electrons. The van der Waals surface area contributed by atoms with Crippen LogP contribution in [-0.2, 0) is 16.0 Å². The molecule has 0 atom stereocenters. The van der Waals surface area contributed by atoms with Crippen LogP contribution in [0.25, 0.3) is 28.2 Å². The lowest BCUT2D eigenvalue weighted by Crippen LogP contribution is -2.08. The van der Waals surface area contributed by atoms with Crippen molar-refractivity contribution < 1.29 is 26.0 Å². The molecule has 32 heavy (non-hydrogen) atoms. The lowest BCUT2D eigenvalue weighted by atomic mass is 10.1. The minimum absolute atomic E-state index is 0.0420. The van der Waals surface area contributed by atoms with Crippen molar-refractivity contribution in [2.75, 3.05) is 6.26 Å². The standard InChI is InChI=1S/C21H15F4N3O2S2/c1-12-26-17(11-31-12)13-3-5-14(6-4-13)18-10-20(21(23,24)25)27-28(18)15-7-8-19(16(22)9-15)32(2,29)30/h3-11H,1-2H3. The van der Waals surface area contributed by atoms with E-state index in [9.17, 15) is 26.0 Å². The highest BCUT2D eigenvalue weighted by Gasteiger charge is 2.35. The average molecular weight is 481 g/mol. The quantitative estimate of drug-likeness (QED) is 0.360. The number of aryl methyl sites for hydroxylation is 1. The van der Waals surface area contributed by atoms with Gasteiger partial charge in [-0.3, -0.25) is 0 Å². The molecular weight excluding hydrogens is 466 g/mol. The molecule has 2 heterocycles. The average Bonchev–Trinajstić information content (AvgIpc) is 3.33. The zero-order chi connectivity index (χ0) is 23.3. The van der Waals surface area contributed by atoms with Gasteiger partial charge in [-0.1, -0.05) is 24.3 Å². The van der Waals surface area contributed by atoms with E-state index in [1.807, 2.05) is 12.3 Å². The number of hydrogen-bond donors (Lipinski definition) is 0. The maximum Gasteiger partial charge on any atom is 0.435 e. The number of thiazole rings is 1. The molecule has 0 bridgehead atoms. The van der Waals surface area contributed by atoms with Gasteiger partial charge >= 0.3 is 6.18 Å². The Balaban J connectivity index is 1.82. The van der Waals surface area contributed by atoms with Crippen LogP contribution in [0.5, 0.6) is 0 Å². The summed E-state index contributed by atoms with van der Waals surface area (Å²) >= 11 is 1.48. The molecule has 0 aliphatic rings. The second-order valence-electron chi connectivity index (χ2n) is 7.04. The van der Waals surface area contributed by atoms with Gasteiger partial charge in [-0.25, -0.2) is 22.5 Å². The van der Waals surface area contributed by atoms with Gasteiger partial charge in [-0.15, -0.1) is 11.3 Å². The minimum atomic E-state index is -4.72. The van der Waals surface area contributed by atoms with E-state index in [4.69, 9.17) is 0 Å². The SMILES string of the molecule is Cc1nc(-c2ccc(-c3cc(C(F)(F)F)nn3-c3ccc(S(C)(=O)=O)c(F)c3)cc2)cs1. The molecule has 0 spiro atoms. The van der Waals surface area contributed by atoms with Crippen LogP contribution in [0.15, 0.2) is 58.8 Å². The molecule has 0 fully saturated rings. The van der Waals surface area contributed by atoms with Gasteiger partial charge in [0, 0.05) is 28.8 Å². The van der Waals surface area contributed by atoms with Crippen molar-refractivity contribution >= 4 is 21.2 Å². The van der Waals surface area contributed by atoms with Crippen molar-refractivity contribution in [3.63, 3.8) is 0 Å². The zero-order valence-electron chi connectivity index (χ0n) is 16.7. The van der Waals surface area contributed by atoms with Crippen LogP contribution in [-0.4, -0.2) is 29.4 Å². The van der Waals surface area contributed by atoms with Crippen LogP contribution >= 0.6 is 11.3 Å². The summed E-state index contributed by atoms with van der Waals surface area (Å²) < 4.78 is 78.8. The summed E-state index contributed by atoms with van der Waals surface area (Å²) in [5.74, 6) is -1.07. The fourth-order valence-corrected chi connectivity index (χ4v) is 4.50. The maximum absolute atomic E-state index is 14.4. The molecule has 4 rings (SSSR count). The van der Waals surface area contributed by atoms with Gasteiger partial charge in [-0.05, 0) is 25.1 Å². The Kier molecular flexibility index (Phi) is 5.41. The zero-order valence-corrected chi connectivity index (χ0v) is 18.3. The summed E-state index contributed by atoms with van der Waals surface area (Å²) in [5.41, 5.74) is 0.839. The van der Waals surface area contributed by atoms with E-state index in [1.165, 1.54) is 17.4 Å². The fourth-order valence-electron chi connectivity index (χ4n) is 3.15. The Labute approximate surface area is 184 Å². The first-order chi connectivity index (χ1) is 14.9. The maximum atomic E-state index is 14.4. The van der Waals surface area contributed by atoms with Crippen LogP contribution in [0.3, 0.4) is 0 Å². The topological polar surface area (TPSA) is 64.8 Å². The predicted octanol–water partition coefficient (Wildman–Crippen LogP) is 5.53. The molecule has 0 saturated carbocycles. The summed E-state index contributed by atoms with van der Waals surface area (Å²) in [6, 6.07) is 10.6. The molecular formula is C21H15F4N3O2S2. The minimum Gasteiger partial charge on any atom is -0.242 e. The Morgan fingerprint density at radius 2 is 1.66 bits per heavy atom. The van der Waals surface area contributed by atoms with Gasteiger partial charge in [0.2, 0.25) is 0 Å². The van der Waals surface area contributed by atoms with Crippen molar-refractivity contribution in [2.45, 2.75) is 18.0 Å². The molecule has 0 saturated heterocycles. The van der Waals surface area contributed by atoms with Crippen molar-refractivity contribution in [2.24, 2.45) is 0 Å². The summed E-state index contributed by atoms with van der Waals surface area (Å²) in [6.45, 7) is 1.87. The van der Waals surface area contributed by atoms with Crippen molar-refractivity contribution in [1.82, 2.24) is 14.8 Å². The lowest BCUT2D eigenvalue weighted by Gasteiger charge is -2.10. The van der Waals surface area contributed by atoms with Gasteiger partial charge in [0.25, 0.3) is 0 Å². The number of rotatable bonds is 4. The number of hydrogen-bond acceptors (Lipinski definition) is 5. The number of sulfone groups is 1. The molecule has 2 aromatic carbocycles. The number of aromatic nitrogens is 3. The van der Waals surface area contributed by atoms with Crippen LogP contribution in [0, 0.1) is 12.7 Å². The number of benzene rings is 2. The Morgan fingerprint density at radius 3 is 2.19 bits per heavy atom. The summed E-state index contributed by atoms with van der Waals surface area (Å²) in [7, 11) is -3.83. The summed E-state index contributed by atoms with van der Waals surface area (Å²) in [5, 5.41) is 6.37. The van der Waals surface area contributed by atoms with Gasteiger partial charge < -0.3 is 0 Å². The molecule has 11 heteroatoms. The van der Waals surface area contributed by atoms with Gasteiger partial charge in [0.1, 0.15) is 10.7 Å². The third-order valence-electron chi connectivity index (χ3n) is 4.65. The molecule has 0 radical (unpaired) electrons. The van der Waals surface area contributed by atoms with Crippen LogP contribution in [0.1, 0.15) is 10.7 Å². The Hall–Kier alpha value is -3.05. The first-order valence-electron chi connectivity index (χ1n) is 9.13. The monoisotopic (exact) mass is 481 g/mol. The van der Waals surface area contributed by atoms with Crippen molar-refractivity contribution in [1.29, 1.82) is 0 Å². The molecule has 0 aliphatic heterocycles. The number of nitrogens with zero attached hydrogens (tertiary/aromatic N) is 3. The highest BCUT2D eigenvalue weighted by molar-refractivity contribution is 7.90. The van der Waals surface area contributed by atoms with E-state index in [2.05, 4.69) is 10.1 Å². The number of halogens is 4. The summed E-state index contributed by atoms with van der Waals surface area (Å²) in [4.78, 5) is 3.84. The second kappa shape index (κ2) is 7.82. The second-order valence-corrected chi connectivity index (χ2v) is 10.1. The molecule has 0 unspecified atom stereocenters. The molecule has 5 nitrogen and oxygen atoms in total. The number of alkyl halides is 3. The van der Waals surface area contributed by atoms with E-state index < -0.39 is 32.4 Å². The van der Waals surface area contributed by atoms with E-state index in [-0.39, 0.29) is 11.4 Å². The van der Waals surface area contributed by atoms with Crippen molar-refractivity contribution in [3.8, 4) is 28.2 Å². The Morgan fingerprint density at radius 1 is 1.00 bits per heavy atom. The third-order valence-corrected chi connectivity index (χ3v) is 6.56. The fraction of sp³-hybridized carbons (Fsp3) is 0.143.